The van der Waals surface area contributed by atoms with Crippen molar-refractivity contribution in [3.8, 4) is 0 Å². The first-order chi connectivity index (χ1) is 22.2. The maximum Gasteiger partial charge on any atom is 0.409 e. The van der Waals surface area contributed by atoms with Gasteiger partial charge in [-0.05, 0) is 118 Å². The minimum atomic E-state index is -0.439. The zero-order valence-corrected chi connectivity index (χ0v) is 31.4. The van der Waals surface area contributed by atoms with Gasteiger partial charge in [0, 0.05) is 20.0 Å². The Hall–Kier alpha value is -1.23. The number of allylic oxidation sites excluding steroid dienone is 1. The van der Waals surface area contributed by atoms with E-state index in [1.165, 1.54) is 57.8 Å². The molecule has 3 fully saturated rings. The molecule has 0 heterocycles. The quantitative estimate of drug-likeness (QED) is 0.0686. The summed E-state index contributed by atoms with van der Waals surface area (Å²) in [6.07, 6.45) is 20.2. The molecule has 0 saturated heterocycles. The van der Waals surface area contributed by atoms with Crippen molar-refractivity contribution in [2.24, 2.45) is 69.3 Å². The number of nitrogens with zero attached hydrogens (tertiary/aromatic N) is 1. The summed E-state index contributed by atoms with van der Waals surface area (Å²) < 4.78 is 6.09. The van der Waals surface area contributed by atoms with Gasteiger partial charge in [0.2, 0.25) is 0 Å². The summed E-state index contributed by atoms with van der Waals surface area (Å²) in [5.41, 5.74) is 23.4. The highest BCUT2D eigenvalue weighted by Crippen LogP contribution is 2.67. The van der Waals surface area contributed by atoms with Gasteiger partial charge in [0.15, 0.2) is 0 Å². The molecule has 0 bridgehead atoms. The number of nitrogens with one attached hydrogen (secondary N) is 2. The molecule has 0 radical (unpaired) electrons. The minimum Gasteiger partial charge on any atom is -0.446 e. The van der Waals surface area contributed by atoms with Crippen molar-refractivity contribution in [2.75, 3.05) is 27.2 Å². The van der Waals surface area contributed by atoms with Gasteiger partial charge in [0.25, 0.3) is 0 Å². The lowest BCUT2D eigenvalue weighted by Crippen LogP contribution is -2.51. The Morgan fingerprint density at radius 3 is 2.30 bits per heavy atom. The number of unbranched alkanes of at least 4 members (excludes halogenated alkanes) is 3. The molecule has 4 rings (SSSR count). The summed E-state index contributed by atoms with van der Waals surface area (Å²) in [6.45, 7) is 14.2. The zero-order chi connectivity index (χ0) is 34.8. The molecule has 1 amide bonds. The van der Waals surface area contributed by atoms with Crippen molar-refractivity contribution in [2.45, 2.75) is 150 Å². The molecule has 9 nitrogen and oxygen atoms in total. The molecule has 0 aromatic heterocycles. The van der Waals surface area contributed by atoms with E-state index in [1.807, 2.05) is 7.05 Å². The van der Waals surface area contributed by atoms with Crippen LogP contribution in [-0.4, -0.2) is 56.9 Å². The fourth-order valence-corrected chi connectivity index (χ4v) is 10.2. The van der Waals surface area contributed by atoms with E-state index in [1.54, 1.807) is 17.5 Å². The van der Waals surface area contributed by atoms with E-state index in [2.05, 4.69) is 51.3 Å². The number of hydrogen-bond donors (Lipinski definition) is 6. The molecule has 0 aromatic carbocycles. The van der Waals surface area contributed by atoms with Gasteiger partial charge in [-0.3, -0.25) is 10.6 Å². The van der Waals surface area contributed by atoms with Gasteiger partial charge in [-0.2, -0.15) is 0 Å². The lowest BCUT2D eigenvalue weighted by molar-refractivity contribution is -0.0591. The van der Waals surface area contributed by atoms with Crippen LogP contribution in [0.5, 0.6) is 0 Å². The molecule has 4 aliphatic carbocycles. The molecule has 8 atom stereocenters. The number of rotatable bonds is 15. The van der Waals surface area contributed by atoms with Crippen LogP contribution in [0.3, 0.4) is 0 Å². The Morgan fingerprint density at radius 2 is 1.64 bits per heavy atom. The van der Waals surface area contributed by atoms with E-state index in [0.29, 0.717) is 10.8 Å². The second-order valence-electron chi connectivity index (χ2n) is 16.7. The second-order valence-corrected chi connectivity index (χ2v) is 16.7. The van der Waals surface area contributed by atoms with Gasteiger partial charge < -0.3 is 32.6 Å². The van der Waals surface area contributed by atoms with Crippen LogP contribution in [0, 0.1) is 46.3 Å². The van der Waals surface area contributed by atoms with Gasteiger partial charge in [0.05, 0.1) is 0 Å². The first-order valence-electron chi connectivity index (χ1n) is 19.3. The molecule has 274 valence electrons. The van der Waals surface area contributed by atoms with Crippen molar-refractivity contribution in [3.05, 3.63) is 11.6 Å². The third-order valence-electron chi connectivity index (χ3n) is 13.0. The predicted molar refractivity (Wildman–Crippen MR) is 196 cm³/mol. The number of hydrogen-bond acceptors (Lipinski definition) is 8. The van der Waals surface area contributed by atoms with Crippen LogP contribution in [0.25, 0.3) is 0 Å². The van der Waals surface area contributed by atoms with Crippen LogP contribution in [0.4, 0.5) is 4.79 Å². The van der Waals surface area contributed by atoms with Gasteiger partial charge in [-0.15, -0.1) is 0 Å². The molecule has 10 N–H and O–H groups in total. The first kappa shape index (κ1) is 40.2. The summed E-state index contributed by atoms with van der Waals surface area (Å²) in [7, 11) is 3.58. The second kappa shape index (κ2) is 18.7. The topological polar surface area (TPSA) is 158 Å². The Morgan fingerprint density at radius 1 is 0.936 bits per heavy atom. The highest BCUT2D eigenvalue weighted by Gasteiger charge is 2.59. The molecule has 8 unspecified atom stereocenters. The van der Waals surface area contributed by atoms with Gasteiger partial charge in [0.1, 0.15) is 18.7 Å². The molecule has 4 aliphatic rings. The minimum absolute atomic E-state index is 0.0266. The van der Waals surface area contributed by atoms with Crippen LogP contribution < -0.4 is 33.6 Å². The molecule has 0 spiro atoms. The maximum absolute atomic E-state index is 12.9. The van der Waals surface area contributed by atoms with E-state index in [4.69, 9.17) is 27.7 Å². The van der Waals surface area contributed by atoms with Crippen molar-refractivity contribution in [3.63, 3.8) is 0 Å². The lowest BCUT2D eigenvalue weighted by Gasteiger charge is -2.58. The van der Waals surface area contributed by atoms with Crippen LogP contribution >= 0.6 is 0 Å². The predicted octanol–water partition coefficient (Wildman–Crippen LogP) is 6.22. The fourth-order valence-electron chi connectivity index (χ4n) is 10.2. The molecular weight excluding hydrogens is 586 g/mol. The number of ether oxygens (including phenoxy) is 1. The van der Waals surface area contributed by atoms with Crippen molar-refractivity contribution >= 4 is 6.09 Å². The van der Waals surface area contributed by atoms with Crippen LogP contribution in [0.2, 0.25) is 0 Å². The number of carbonyl (C=O) groups excluding carboxylic acids is 1. The monoisotopic (exact) mass is 662 g/mol. The SMILES string of the molecule is CC(C)CCCC(C)C1CCC2C3CC=C4CC(OC(=O)N(C)CCCCCCNC(N)N)CCC4(C)C3CCC12C.CNC(N)N. The highest BCUT2D eigenvalue weighted by molar-refractivity contribution is 5.67. The van der Waals surface area contributed by atoms with Gasteiger partial charge >= 0.3 is 6.09 Å². The Labute approximate surface area is 288 Å². The van der Waals surface area contributed by atoms with E-state index in [-0.39, 0.29) is 18.5 Å². The third-order valence-corrected chi connectivity index (χ3v) is 13.0. The zero-order valence-electron chi connectivity index (χ0n) is 31.4. The lowest BCUT2D eigenvalue weighted by atomic mass is 9.47. The Bertz CT molecular complexity index is 974. The molecular formula is C38H75N7O2. The Balaban J connectivity index is 0.00000111. The molecule has 0 aromatic rings. The van der Waals surface area contributed by atoms with Crippen LogP contribution in [0.15, 0.2) is 11.6 Å². The normalized spacial score (nSPS) is 32.2. The van der Waals surface area contributed by atoms with Gasteiger partial charge in [-0.1, -0.05) is 78.4 Å². The van der Waals surface area contributed by atoms with Crippen LogP contribution in [0.1, 0.15) is 131 Å². The summed E-state index contributed by atoms with van der Waals surface area (Å²) in [4.78, 5) is 14.7. The number of amides is 1. The van der Waals surface area contributed by atoms with Crippen molar-refractivity contribution < 1.29 is 9.53 Å². The van der Waals surface area contributed by atoms with E-state index >= 15 is 0 Å². The van der Waals surface area contributed by atoms with Crippen molar-refractivity contribution in [1.29, 1.82) is 0 Å². The number of fused-ring (bicyclic) bond motifs is 5. The summed E-state index contributed by atoms with van der Waals surface area (Å²) in [5.74, 6) is 5.14. The molecule has 9 heteroatoms. The summed E-state index contributed by atoms with van der Waals surface area (Å²) >= 11 is 0. The average Bonchev–Trinajstić information content (AvgIpc) is 3.37. The number of carbonyl (C=O) groups is 1. The van der Waals surface area contributed by atoms with E-state index < -0.39 is 6.29 Å². The van der Waals surface area contributed by atoms with E-state index in [9.17, 15) is 4.79 Å². The fraction of sp³-hybridized carbons (Fsp3) is 0.921. The van der Waals surface area contributed by atoms with Gasteiger partial charge in [-0.25, -0.2) is 4.79 Å². The third kappa shape index (κ3) is 10.9. The first-order valence-corrected chi connectivity index (χ1v) is 19.3. The maximum atomic E-state index is 12.9. The molecule has 3 saturated carbocycles. The van der Waals surface area contributed by atoms with Crippen molar-refractivity contribution in [1.82, 2.24) is 15.5 Å². The van der Waals surface area contributed by atoms with Crippen LogP contribution in [-0.2, 0) is 4.74 Å². The Kier molecular flexibility index (Phi) is 16.0. The molecule has 47 heavy (non-hydrogen) atoms. The summed E-state index contributed by atoms with van der Waals surface area (Å²) in [6, 6.07) is 0. The van der Waals surface area contributed by atoms with E-state index in [0.717, 1.165) is 87.1 Å². The standard InChI is InChI=1S/C36H66N4O2.C2H9N3/c1-25(2)12-11-13-26(3)30-16-17-31-29-15-14-27-24-28(18-20-35(27,4)32(29)19-21-36(30,31)5)42-34(41)40(6)23-10-8-7-9-22-39-33(37)38;1-5-2(3)4/h14,25-26,28-33,39H,7-13,15-24,37-38H2,1-6H3;2,5H,3-4H2,1H3. The summed E-state index contributed by atoms with van der Waals surface area (Å²) in [5, 5.41) is 5.62. The number of nitrogens with two attached hydrogens (primary N) is 4. The highest BCUT2D eigenvalue weighted by atomic mass is 16.6. The molecule has 0 aliphatic heterocycles. The smallest absolute Gasteiger partial charge is 0.409 e. The largest absolute Gasteiger partial charge is 0.446 e. The average molecular weight is 662 g/mol.